The Morgan fingerprint density at radius 2 is 1.62 bits per heavy atom. The van der Waals surface area contributed by atoms with Gasteiger partial charge < -0.3 is 4.74 Å². The average Bonchev–Trinajstić information content (AvgIpc) is 3.31. The summed E-state index contributed by atoms with van der Waals surface area (Å²) in [6.45, 7) is 2.38. The molecular formula is C28H21N3O2S. The highest BCUT2D eigenvalue weighted by atomic mass is 32.1. The van der Waals surface area contributed by atoms with Crippen molar-refractivity contribution in [3.05, 3.63) is 114 Å². The molecule has 34 heavy (non-hydrogen) atoms. The molecule has 2 aromatic heterocycles. The molecule has 1 amide bonds. The second-order valence-electron chi connectivity index (χ2n) is 8.27. The van der Waals surface area contributed by atoms with Gasteiger partial charge in [0.2, 0.25) is 5.91 Å². The second kappa shape index (κ2) is 8.39. The molecule has 5 aromatic rings. The summed E-state index contributed by atoms with van der Waals surface area (Å²) in [5.74, 6) is 0.860. The van der Waals surface area contributed by atoms with Crippen LogP contribution in [0.15, 0.2) is 91.1 Å². The molecule has 0 saturated heterocycles. The van der Waals surface area contributed by atoms with E-state index in [9.17, 15) is 4.79 Å². The van der Waals surface area contributed by atoms with Crippen molar-refractivity contribution in [2.24, 2.45) is 0 Å². The number of aryl methyl sites for hydroxylation is 1. The molecule has 166 valence electrons. The molecule has 3 heterocycles. The summed E-state index contributed by atoms with van der Waals surface area (Å²) in [6.07, 6.45) is 1.75. The van der Waals surface area contributed by atoms with Crippen molar-refractivity contribution in [3.63, 3.8) is 0 Å². The Bertz CT molecular complexity index is 1470. The maximum atomic E-state index is 14.4. The minimum atomic E-state index is -0.502. The molecular weight excluding hydrogens is 442 g/mol. The fraction of sp³-hybridized carbons (Fsp3) is 0.107. The van der Waals surface area contributed by atoms with Crippen molar-refractivity contribution in [1.82, 2.24) is 9.97 Å². The van der Waals surface area contributed by atoms with E-state index in [2.05, 4.69) is 4.98 Å². The minimum absolute atomic E-state index is 0.0504. The van der Waals surface area contributed by atoms with Gasteiger partial charge >= 0.3 is 0 Å². The largest absolute Gasteiger partial charge is 0.457 e. The molecule has 0 spiro atoms. The molecule has 5 nitrogen and oxygen atoms in total. The van der Waals surface area contributed by atoms with Crippen LogP contribution >= 0.6 is 11.3 Å². The molecule has 6 heteroatoms. The molecule has 0 atom stereocenters. The summed E-state index contributed by atoms with van der Waals surface area (Å²) < 4.78 is 7.19. The quantitative estimate of drug-likeness (QED) is 0.306. The Labute approximate surface area is 201 Å². The topological polar surface area (TPSA) is 55.3 Å². The van der Waals surface area contributed by atoms with Gasteiger partial charge in [-0.25, -0.2) is 4.98 Å². The Morgan fingerprint density at radius 1 is 0.912 bits per heavy atom. The van der Waals surface area contributed by atoms with Crippen LogP contribution in [0.5, 0.6) is 11.5 Å². The second-order valence-corrected chi connectivity index (χ2v) is 9.28. The number of anilines is 1. The van der Waals surface area contributed by atoms with E-state index in [0.717, 1.165) is 32.6 Å². The molecule has 1 aliphatic rings. The summed E-state index contributed by atoms with van der Waals surface area (Å²) in [7, 11) is 0. The number of fused-ring (bicyclic) bond motifs is 3. The van der Waals surface area contributed by atoms with E-state index in [1.54, 1.807) is 11.1 Å². The maximum Gasteiger partial charge on any atom is 0.241 e. The van der Waals surface area contributed by atoms with E-state index in [4.69, 9.17) is 9.72 Å². The third kappa shape index (κ3) is 3.53. The number of carbonyl (C=O) groups excluding carboxylic acids is 1. The van der Waals surface area contributed by atoms with Gasteiger partial charge in [0, 0.05) is 17.3 Å². The molecule has 0 fully saturated rings. The highest BCUT2D eigenvalue weighted by molar-refractivity contribution is 7.22. The molecule has 0 radical (unpaired) electrons. The van der Waals surface area contributed by atoms with Crippen molar-refractivity contribution in [1.29, 1.82) is 0 Å². The number of ether oxygens (including phenoxy) is 1. The molecule has 0 saturated carbocycles. The Hall–Kier alpha value is -4.03. The predicted molar refractivity (Wildman–Crippen MR) is 135 cm³/mol. The first-order valence-corrected chi connectivity index (χ1v) is 11.9. The van der Waals surface area contributed by atoms with Crippen LogP contribution in [0.4, 0.5) is 5.13 Å². The van der Waals surface area contributed by atoms with Gasteiger partial charge in [-0.3, -0.25) is 14.7 Å². The Morgan fingerprint density at radius 3 is 2.29 bits per heavy atom. The number of hydrogen-bond donors (Lipinski definition) is 0. The third-order valence-electron chi connectivity index (χ3n) is 6.08. The summed E-state index contributed by atoms with van der Waals surface area (Å²) in [4.78, 5) is 25.6. The van der Waals surface area contributed by atoms with Gasteiger partial charge in [0.05, 0.1) is 28.4 Å². The number of rotatable bonds is 4. The summed E-state index contributed by atoms with van der Waals surface area (Å²) >= 11 is 1.53. The third-order valence-corrected chi connectivity index (χ3v) is 7.12. The summed E-state index contributed by atoms with van der Waals surface area (Å²) in [6, 6.07) is 27.4. The first-order valence-electron chi connectivity index (χ1n) is 11.1. The van der Waals surface area contributed by atoms with Crippen LogP contribution in [-0.4, -0.2) is 15.9 Å². The number of hydrogen-bond acceptors (Lipinski definition) is 5. The van der Waals surface area contributed by atoms with Crippen LogP contribution < -0.4 is 9.64 Å². The zero-order chi connectivity index (χ0) is 23.1. The number of aromatic nitrogens is 2. The molecule has 0 unspecified atom stereocenters. The molecule has 6 rings (SSSR count). The number of nitrogens with zero attached hydrogens (tertiary/aromatic N) is 3. The van der Waals surface area contributed by atoms with Crippen molar-refractivity contribution < 1.29 is 9.53 Å². The van der Waals surface area contributed by atoms with Crippen molar-refractivity contribution in [3.8, 4) is 11.5 Å². The van der Waals surface area contributed by atoms with E-state index in [1.807, 2.05) is 91.9 Å². The van der Waals surface area contributed by atoms with E-state index in [0.29, 0.717) is 23.2 Å². The standard InChI is InChI=1S/C28H21N3O2S/c1-18-9-8-15-24-26(18)30-28(34-24)31(17-19-10-6-7-16-29-19)27(32)25-20-11-2-4-13-22(20)33-23-14-5-3-12-21(23)25/h2-16,25H,17H2,1H3. The lowest BCUT2D eigenvalue weighted by atomic mass is 9.87. The maximum absolute atomic E-state index is 14.4. The highest BCUT2D eigenvalue weighted by Crippen LogP contribution is 2.45. The van der Waals surface area contributed by atoms with Gasteiger partial charge in [0.15, 0.2) is 5.13 Å². The van der Waals surface area contributed by atoms with Crippen molar-refractivity contribution >= 4 is 32.6 Å². The first-order chi connectivity index (χ1) is 16.7. The predicted octanol–water partition coefficient (Wildman–Crippen LogP) is 6.47. The Kier molecular flexibility index (Phi) is 5.08. The van der Waals surface area contributed by atoms with Crippen LogP contribution in [0.25, 0.3) is 10.2 Å². The fourth-order valence-electron chi connectivity index (χ4n) is 4.42. The normalized spacial score (nSPS) is 12.6. The molecule has 0 bridgehead atoms. The van der Waals surface area contributed by atoms with Gasteiger partial charge in [0.1, 0.15) is 11.5 Å². The number of amides is 1. The van der Waals surface area contributed by atoms with Crippen LogP contribution in [-0.2, 0) is 11.3 Å². The summed E-state index contributed by atoms with van der Waals surface area (Å²) in [5, 5.41) is 0.668. The molecule has 3 aromatic carbocycles. The van der Waals surface area contributed by atoms with Crippen molar-refractivity contribution in [2.75, 3.05) is 4.90 Å². The Balaban J connectivity index is 1.50. The van der Waals surface area contributed by atoms with Crippen LogP contribution in [0.1, 0.15) is 28.3 Å². The van der Waals surface area contributed by atoms with Gasteiger partial charge in [0.25, 0.3) is 0 Å². The zero-order valence-corrected chi connectivity index (χ0v) is 19.3. The van der Waals surface area contributed by atoms with Crippen LogP contribution in [0, 0.1) is 6.92 Å². The van der Waals surface area contributed by atoms with Gasteiger partial charge in [-0.1, -0.05) is 65.9 Å². The van der Waals surface area contributed by atoms with E-state index >= 15 is 0 Å². The van der Waals surface area contributed by atoms with E-state index in [1.165, 1.54) is 11.3 Å². The SMILES string of the molecule is Cc1cccc2sc(N(Cc3ccccn3)C(=O)C3c4ccccc4Oc4ccccc43)nc12. The summed E-state index contributed by atoms with van der Waals surface area (Å²) in [5.41, 5.74) is 4.53. The number of thiazole rings is 1. The van der Waals surface area contributed by atoms with E-state index < -0.39 is 5.92 Å². The van der Waals surface area contributed by atoms with Gasteiger partial charge in [-0.2, -0.15) is 0 Å². The monoisotopic (exact) mass is 463 g/mol. The van der Waals surface area contributed by atoms with Crippen LogP contribution in [0.2, 0.25) is 0 Å². The fourth-order valence-corrected chi connectivity index (χ4v) is 5.46. The zero-order valence-electron chi connectivity index (χ0n) is 18.5. The van der Waals surface area contributed by atoms with Gasteiger partial charge in [-0.05, 0) is 42.8 Å². The highest BCUT2D eigenvalue weighted by Gasteiger charge is 2.36. The lowest BCUT2D eigenvalue weighted by molar-refractivity contribution is -0.119. The van der Waals surface area contributed by atoms with Crippen molar-refractivity contribution in [2.45, 2.75) is 19.4 Å². The minimum Gasteiger partial charge on any atom is -0.457 e. The van der Waals surface area contributed by atoms with E-state index in [-0.39, 0.29) is 5.91 Å². The lowest BCUT2D eigenvalue weighted by Crippen LogP contribution is -2.36. The average molecular weight is 464 g/mol. The number of para-hydroxylation sites is 3. The number of benzene rings is 3. The molecule has 1 aliphatic heterocycles. The van der Waals surface area contributed by atoms with Crippen LogP contribution in [0.3, 0.4) is 0 Å². The number of carbonyl (C=O) groups is 1. The van der Waals surface area contributed by atoms with Gasteiger partial charge in [-0.15, -0.1) is 0 Å². The smallest absolute Gasteiger partial charge is 0.241 e. The first kappa shape index (κ1) is 20.6. The molecule has 0 aliphatic carbocycles. The molecule has 0 N–H and O–H groups in total. The number of pyridine rings is 1. The lowest BCUT2D eigenvalue weighted by Gasteiger charge is -2.31.